The topological polar surface area (TPSA) is 92.8 Å². The number of fused-ring (bicyclic) bond motifs is 2. The molecule has 0 aliphatic carbocycles. The first-order valence-electron chi connectivity index (χ1n) is 13.4. The Balaban J connectivity index is 1.32. The number of benzene rings is 2. The van der Waals surface area contributed by atoms with Crippen molar-refractivity contribution in [2.45, 2.75) is 45.1 Å². The number of pyridine rings is 1. The van der Waals surface area contributed by atoms with Crippen LogP contribution in [-0.2, 0) is 13.0 Å². The average molecular weight is 515 g/mol. The summed E-state index contributed by atoms with van der Waals surface area (Å²) in [6.45, 7) is 2.88. The van der Waals surface area contributed by atoms with E-state index in [1.165, 1.54) is 6.42 Å². The summed E-state index contributed by atoms with van der Waals surface area (Å²) in [6, 6.07) is 15.0. The molecule has 0 unspecified atom stereocenters. The van der Waals surface area contributed by atoms with Crippen molar-refractivity contribution < 1.29 is 19.1 Å². The summed E-state index contributed by atoms with van der Waals surface area (Å²) >= 11 is 0. The first-order valence-corrected chi connectivity index (χ1v) is 13.4. The van der Waals surface area contributed by atoms with Gasteiger partial charge in [0.1, 0.15) is 0 Å². The summed E-state index contributed by atoms with van der Waals surface area (Å²) in [7, 11) is 0. The van der Waals surface area contributed by atoms with Gasteiger partial charge in [-0.1, -0.05) is 25.3 Å². The maximum atomic E-state index is 13.5. The number of nitrogens with zero attached hydrogens (tertiary/aromatic N) is 2. The van der Waals surface area contributed by atoms with Crippen LogP contribution < -0.4 is 25.0 Å². The summed E-state index contributed by atoms with van der Waals surface area (Å²) in [5.74, 6) is 1.31. The summed E-state index contributed by atoms with van der Waals surface area (Å²) in [4.78, 5) is 32.5. The molecule has 0 saturated heterocycles. The number of hydrogen-bond donors (Lipinski definition) is 2. The van der Waals surface area contributed by atoms with E-state index in [9.17, 15) is 9.59 Å². The number of carbonyl (C=O) groups excluding carboxylic acids is 2. The van der Waals surface area contributed by atoms with Gasteiger partial charge < -0.3 is 25.0 Å². The Labute approximate surface area is 223 Å². The van der Waals surface area contributed by atoms with Crippen molar-refractivity contribution in [3.8, 4) is 11.5 Å². The van der Waals surface area contributed by atoms with Crippen LogP contribution in [0.5, 0.6) is 11.5 Å². The van der Waals surface area contributed by atoms with Gasteiger partial charge in [-0.15, -0.1) is 0 Å². The van der Waals surface area contributed by atoms with Gasteiger partial charge in [-0.25, -0.2) is 0 Å². The van der Waals surface area contributed by atoms with E-state index in [2.05, 4.69) is 15.6 Å². The van der Waals surface area contributed by atoms with Crippen LogP contribution in [-0.4, -0.2) is 43.2 Å². The lowest BCUT2D eigenvalue weighted by Crippen LogP contribution is -2.34. The number of nitrogens with one attached hydrogen (secondary N) is 2. The number of aromatic nitrogens is 1. The highest BCUT2D eigenvalue weighted by Gasteiger charge is 2.22. The molecule has 3 aromatic rings. The van der Waals surface area contributed by atoms with Gasteiger partial charge in [-0.05, 0) is 79.4 Å². The van der Waals surface area contributed by atoms with Crippen LogP contribution in [0.4, 0.5) is 5.69 Å². The highest BCUT2D eigenvalue weighted by molar-refractivity contribution is 6.06. The summed E-state index contributed by atoms with van der Waals surface area (Å²) in [5.41, 5.74) is 4.05. The molecule has 38 heavy (non-hydrogen) atoms. The highest BCUT2D eigenvalue weighted by atomic mass is 16.7. The maximum absolute atomic E-state index is 13.5. The number of hydrogen-bond acceptors (Lipinski definition) is 6. The van der Waals surface area contributed by atoms with Crippen LogP contribution in [0.25, 0.3) is 0 Å². The summed E-state index contributed by atoms with van der Waals surface area (Å²) in [5, 5.41) is 6.54. The predicted octanol–water partition coefficient (Wildman–Crippen LogP) is 4.48. The van der Waals surface area contributed by atoms with Crippen molar-refractivity contribution in [2.24, 2.45) is 0 Å². The number of anilines is 1. The summed E-state index contributed by atoms with van der Waals surface area (Å²) < 4.78 is 10.8. The van der Waals surface area contributed by atoms with E-state index >= 15 is 0 Å². The van der Waals surface area contributed by atoms with Gasteiger partial charge in [-0.2, -0.15) is 0 Å². The molecule has 2 N–H and O–H groups in total. The van der Waals surface area contributed by atoms with Gasteiger partial charge in [0.05, 0.1) is 0 Å². The third kappa shape index (κ3) is 6.31. The van der Waals surface area contributed by atoms with Crippen LogP contribution in [0.15, 0.2) is 60.9 Å². The molecule has 0 saturated carbocycles. The molecule has 5 rings (SSSR count). The maximum Gasteiger partial charge on any atom is 0.258 e. The SMILES string of the molecule is O=C(NCCc1ccc2c(c1)OCO2)c1ccc2c(c1)CNCCCCCCCN2C(=O)c1ccncc1. The average Bonchev–Trinajstić information content (AvgIpc) is 3.41. The molecule has 8 nitrogen and oxygen atoms in total. The van der Waals surface area contributed by atoms with Crippen LogP contribution in [0.2, 0.25) is 0 Å². The molecule has 198 valence electrons. The number of amides is 2. The van der Waals surface area contributed by atoms with Gasteiger partial charge in [0.2, 0.25) is 6.79 Å². The minimum absolute atomic E-state index is 0.0494. The van der Waals surface area contributed by atoms with Crippen molar-refractivity contribution in [2.75, 3.05) is 31.3 Å². The lowest BCUT2D eigenvalue weighted by molar-refractivity contribution is 0.0953. The highest BCUT2D eigenvalue weighted by Crippen LogP contribution is 2.32. The molecule has 0 bridgehead atoms. The minimum Gasteiger partial charge on any atom is -0.454 e. The van der Waals surface area contributed by atoms with Crippen molar-refractivity contribution in [1.29, 1.82) is 0 Å². The van der Waals surface area contributed by atoms with Crippen molar-refractivity contribution in [3.05, 3.63) is 83.2 Å². The molecular formula is C30H34N4O4. The van der Waals surface area contributed by atoms with E-state index < -0.39 is 0 Å². The molecule has 2 amide bonds. The molecule has 0 atom stereocenters. The molecular weight excluding hydrogens is 480 g/mol. The smallest absolute Gasteiger partial charge is 0.258 e. The lowest BCUT2D eigenvalue weighted by Gasteiger charge is -2.27. The zero-order chi connectivity index (χ0) is 26.2. The molecule has 0 radical (unpaired) electrons. The normalized spacial score (nSPS) is 15.6. The Bertz CT molecular complexity index is 1260. The number of carbonyl (C=O) groups is 2. The second kappa shape index (κ2) is 12.6. The second-order valence-electron chi connectivity index (χ2n) is 9.67. The fourth-order valence-corrected chi connectivity index (χ4v) is 4.91. The molecule has 1 aromatic heterocycles. The van der Waals surface area contributed by atoms with Gasteiger partial charge in [0, 0.05) is 48.8 Å². The third-order valence-corrected chi connectivity index (χ3v) is 6.99. The zero-order valence-corrected chi connectivity index (χ0v) is 21.6. The molecule has 8 heteroatoms. The summed E-state index contributed by atoms with van der Waals surface area (Å²) in [6.07, 6.45) is 9.44. The molecule has 0 spiro atoms. The third-order valence-electron chi connectivity index (χ3n) is 6.99. The minimum atomic E-state index is -0.133. The van der Waals surface area contributed by atoms with Crippen LogP contribution in [0.3, 0.4) is 0 Å². The molecule has 2 aromatic carbocycles. The van der Waals surface area contributed by atoms with E-state index in [1.807, 2.05) is 41.3 Å². The molecule has 2 aliphatic heterocycles. The van der Waals surface area contributed by atoms with Crippen LogP contribution >= 0.6 is 0 Å². The Kier molecular flexibility index (Phi) is 8.50. The van der Waals surface area contributed by atoms with E-state index in [0.717, 1.165) is 60.5 Å². The van der Waals surface area contributed by atoms with E-state index in [4.69, 9.17) is 9.47 Å². The van der Waals surface area contributed by atoms with E-state index in [0.29, 0.717) is 37.2 Å². The molecule has 2 aliphatic rings. The van der Waals surface area contributed by atoms with E-state index in [-0.39, 0.29) is 18.6 Å². The zero-order valence-electron chi connectivity index (χ0n) is 21.6. The van der Waals surface area contributed by atoms with Crippen molar-refractivity contribution in [1.82, 2.24) is 15.6 Å². The van der Waals surface area contributed by atoms with Crippen LogP contribution in [0.1, 0.15) is 63.9 Å². The second-order valence-corrected chi connectivity index (χ2v) is 9.67. The van der Waals surface area contributed by atoms with Gasteiger partial charge in [0.25, 0.3) is 11.8 Å². The number of rotatable bonds is 5. The van der Waals surface area contributed by atoms with Crippen molar-refractivity contribution in [3.63, 3.8) is 0 Å². The Morgan fingerprint density at radius 1 is 0.895 bits per heavy atom. The van der Waals surface area contributed by atoms with Gasteiger partial charge in [-0.3, -0.25) is 14.6 Å². The van der Waals surface area contributed by atoms with Gasteiger partial charge in [0.15, 0.2) is 11.5 Å². The Morgan fingerprint density at radius 3 is 2.61 bits per heavy atom. The van der Waals surface area contributed by atoms with Crippen molar-refractivity contribution >= 4 is 17.5 Å². The molecule has 3 heterocycles. The largest absolute Gasteiger partial charge is 0.454 e. The number of ether oxygens (including phenoxy) is 2. The monoisotopic (exact) mass is 514 g/mol. The standard InChI is InChI=1S/C30H34N4O4/c35-29(33-16-10-22-6-9-27-28(18-22)38-21-37-27)24-7-8-26-25(19-24)20-32-13-4-2-1-3-5-17-34(26)30(36)23-11-14-31-15-12-23/h6-9,11-12,14-15,18-19,32H,1-5,10,13,16-17,20-21H2,(H,33,35). The van der Waals surface area contributed by atoms with E-state index in [1.54, 1.807) is 24.5 Å². The predicted molar refractivity (Wildman–Crippen MR) is 146 cm³/mol. The molecule has 0 fully saturated rings. The van der Waals surface area contributed by atoms with Crippen LogP contribution in [0, 0.1) is 0 Å². The Morgan fingerprint density at radius 2 is 1.71 bits per heavy atom. The lowest BCUT2D eigenvalue weighted by atomic mass is 10.0. The quantitative estimate of drug-likeness (QED) is 0.522. The van der Waals surface area contributed by atoms with Gasteiger partial charge >= 0.3 is 0 Å². The first kappa shape index (κ1) is 25.7. The Hall–Kier alpha value is -3.91. The fraction of sp³-hybridized carbons (Fsp3) is 0.367. The fourth-order valence-electron chi connectivity index (χ4n) is 4.91. The first-order chi connectivity index (χ1) is 18.7.